The minimum Gasteiger partial charge on any atom is -0.493 e. The van der Waals surface area contributed by atoms with E-state index in [1.165, 1.54) is 32.4 Å². The molecule has 0 aliphatic carbocycles. The minimum absolute atomic E-state index is 0.0868. The fourth-order valence-electron chi connectivity index (χ4n) is 2.79. The Hall–Kier alpha value is -3.09. The number of hydrogen-bond acceptors (Lipinski definition) is 4. The van der Waals surface area contributed by atoms with E-state index in [2.05, 4.69) is 5.32 Å². The number of hydrogen-bond donors (Lipinski definition) is 2. The van der Waals surface area contributed by atoms with Crippen molar-refractivity contribution in [3.8, 4) is 11.5 Å². The van der Waals surface area contributed by atoms with Crippen molar-refractivity contribution in [2.75, 3.05) is 14.2 Å². The summed E-state index contributed by atoms with van der Waals surface area (Å²) < 4.78 is 24.5. The summed E-state index contributed by atoms with van der Waals surface area (Å²) >= 11 is 0. The lowest BCUT2D eigenvalue weighted by atomic mass is 10.0. The molecule has 0 fully saturated rings. The molecule has 0 saturated carbocycles. The van der Waals surface area contributed by atoms with Gasteiger partial charge in [-0.05, 0) is 31.0 Å². The summed E-state index contributed by atoms with van der Waals surface area (Å²) in [5.41, 5.74) is 1.02. The van der Waals surface area contributed by atoms with Crippen molar-refractivity contribution < 1.29 is 28.6 Å². The third kappa shape index (κ3) is 4.97. The van der Waals surface area contributed by atoms with Gasteiger partial charge in [0.05, 0.1) is 25.8 Å². The Balaban J connectivity index is 2.05. The third-order valence-corrected chi connectivity index (χ3v) is 4.22. The number of amides is 1. The fourth-order valence-corrected chi connectivity index (χ4v) is 2.79. The maximum absolute atomic E-state index is 14.3. The lowest BCUT2D eigenvalue weighted by Gasteiger charge is -2.17. The highest BCUT2D eigenvalue weighted by molar-refractivity contribution is 5.89. The second-order valence-corrected chi connectivity index (χ2v) is 5.98. The van der Waals surface area contributed by atoms with Gasteiger partial charge in [0.2, 0.25) is 5.91 Å². The van der Waals surface area contributed by atoms with Gasteiger partial charge in [-0.2, -0.15) is 0 Å². The van der Waals surface area contributed by atoms with Crippen LogP contribution in [0.3, 0.4) is 0 Å². The van der Waals surface area contributed by atoms with E-state index in [0.29, 0.717) is 11.3 Å². The smallest absolute Gasteiger partial charge is 0.335 e. The van der Waals surface area contributed by atoms with Crippen LogP contribution < -0.4 is 14.8 Å². The van der Waals surface area contributed by atoms with E-state index in [1.54, 1.807) is 25.1 Å². The number of carbonyl (C=O) groups is 2. The number of methoxy groups -OCH3 is 2. The highest BCUT2D eigenvalue weighted by atomic mass is 19.1. The first-order valence-electron chi connectivity index (χ1n) is 8.39. The Morgan fingerprint density at radius 1 is 1.15 bits per heavy atom. The Morgan fingerprint density at radius 3 is 2.41 bits per heavy atom. The average molecular weight is 375 g/mol. The van der Waals surface area contributed by atoms with Crippen molar-refractivity contribution in [3.05, 3.63) is 58.9 Å². The van der Waals surface area contributed by atoms with Crippen molar-refractivity contribution >= 4 is 11.9 Å². The van der Waals surface area contributed by atoms with Gasteiger partial charge in [0.25, 0.3) is 0 Å². The molecule has 0 aromatic heterocycles. The first-order chi connectivity index (χ1) is 12.9. The summed E-state index contributed by atoms with van der Waals surface area (Å²) in [4.78, 5) is 23.4. The Bertz CT molecular complexity index is 837. The van der Waals surface area contributed by atoms with Crippen LogP contribution in [0.4, 0.5) is 4.39 Å². The predicted octanol–water partition coefficient (Wildman–Crippen LogP) is 3.35. The molecular formula is C20H22FNO5. The summed E-state index contributed by atoms with van der Waals surface area (Å²) in [7, 11) is 2.86. The van der Waals surface area contributed by atoms with E-state index < -0.39 is 17.8 Å². The summed E-state index contributed by atoms with van der Waals surface area (Å²) in [5.74, 6) is -1.23. The van der Waals surface area contributed by atoms with E-state index in [4.69, 9.17) is 9.47 Å². The molecule has 2 rings (SSSR count). The number of ether oxygens (including phenoxy) is 2. The molecule has 6 nitrogen and oxygen atoms in total. The van der Waals surface area contributed by atoms with Gasteiger partial charge in [-0.1, -0.05) is 18.2 Å². The molecular weight excluding hydrogens is 353 g/mol. The highest BCUT2D eigenvalue weighted by Gasteiger charge is 2.18. The number of carboxylic acids is 1. The quantitative estimate of drug-likeness (QED) is 0.739. The number of benzene rings is 2. The number of rotatable bonds is 8. The molecule has 27 heavy (non-hydrogen) atoms. The Morgan fingerprint density at radius 2 is 1.78 bits per heavy atom. The van der Waals surface area contributed by atoms with Gasteiger partial charge in [-0.25, -0.2) is 9.18 Å². The van der Waals surface area contributed by atoms with Gasteiger partial charge in [0, 0.05) is 18.1 Å². The van der Waals surface area contributed by atoms with Crippen LogP contribution in [0.1, 0.15) is 40.9 Å². The molecule has 0 aliphatic heterocycles. The molecule has 144 valence electrons. The Labute approximate surface area is 156 Å². The van der Waals surface area contributed by atoms with Crippen LogP contribution >= 0.6 is 0 Å². The number of nitrogens with one attached hydrogen (secondary N) is 1. The van der Waals surface area contributed by atoms with Gasteiger partial charge >= 0.3 is 5.97 Å². The molecule has 2 aromatic rings. The predicted molar refractivity (Wildman–Crippen MR) is 97.8 cm³/mol. The van der Waals surface area contributed by atoms with Crippen LogP contribution in [0.25, 0.3) is 0 Å². The van der Waals surface area contributed by atoms with Crippen molar-refractivity contribution in [3.63, 3.8) is 0 Å². The monoisotopic (exact) mass is 375 g/mol. The van der Waals surface area contributed by atoms with Crippen molar-refractivity contribution in [2.45, 2.75) is 25.8 Å². The summed E-state index contributed by atoms with van der Waals surface area (Å²) in [6.07, 6.45) is 0.360. The van der Waals surface area contributed by atoms with E-state index in [9.17, 15) is 19.1 Å². The third-order valence-electron chi connectivity index (χ3n) is 4.22. The summed E-state index contributed by atoms with van der Waals surface area (Å²) in [5, 5.41) is 11.9. The number of aromatic carboxylic acids is 1. The zero-order valence-electron chi connectivity index (χ0n) is 15.4. The van der Waals surface area contributed by atoms with Gasteiger partial charge < -0.3 is 19.9 Å². The van der Waals surface area contributed by atoms with Crippen molar-refractivity contribution in [2.24, 2.45) is 0 Å². The van der Waals surface area contributed by atoms with Crippen LogP contribution in [-0.4, -0.2) is 31.2 Å². The lowest BCUT2D eigenvalue weighted by Crippen LogP contribution is -2.27. The number of halogens is 1. The molecule has 0 heterocycles. The summed E-state index contributed by atoms with van der Waals surface area (Å²) in [6, 6.07) is 8.63. The molecule has 2 aromatic carbocycles. The normalized spacial score (nSPS) is 11.6. The zero-order valence-corrected chi connectivity index (χ0v) is 15.4. The minimum atomic E-state index is -1.04. The molecule has 0 bridgehead atoms. The maximum Gasteiger partial charge on any atom is 0.335 e. The van der Waals surface area contributed by atoms with Gasteiger partial charge in [0.15, 0.2) is 11.5 Å². The van der Waals surface area contributed by atoms with E-state index >= 15 is 0 Å². The largest absolute Gasteiger partial charge is 0.493 e. The zero-order chi connectivity index (χ0) is 20.0. The molecule has 0 spiro atoms. The molecule has 7 heteroatoms. The number of carboxylic acid groups (broad SMARTS) is 1. The average Bonchev–Trinajstić information content (AvgIpc) is 2.65. The first-order valence-corrected chi connectivity index (χ1v) is 8.39. The topological polar surface area (TPSA) is 84.9 Å². The molecule has 1 unspecified atom stereocenters. The number of aryl methyl sites for hydroxylation is 1. The van der Waals surface area contributed by atoms with Crippen LogP contribution in [0, 0.1) is 5.82 Å². The van der Waals surface area contributed by atoms with Crippen LogP contribution in [-0.2, 0) is 11.2 Å². The molecule has 0 radical (unpaired) electrons. The van der Waals surface area contributed by atoms with Crippen LogP contribution in [0.5, 0.6) is 11.5 Å². The lowest BCUT2D eigenvalue weighted by molar-refractivity contribution is -0.121. The van der Waals surface area contributed by atoms with Crippen LogP contribution in [0.2, 0.25) is 0 Å². The standard InChI is InChI=1S/C20H22FNO5/c1-12(15-10-17(26-2)18(27-3)11-16(15)21)22-19(23)9-8-13-6-4-5-7-14(13)20(24)25/h4-7,10-12H,8-9H2,1-3H3,(H,22,23)(H,24,25). The van der Waals surface area contributed by atoms with Crippen LogP contribution in [0.15, 0.2) is 36.4 Å². The second kappa shape index (κ2) is 9.02. The SMILES string of the molecule is COc1cc(F)c(C(C)NC(=O)CCc2ccccc2C(=O)O)cc1OC. The molecule has 1 atom stereocenters. The molecule has 2 N–H and O–H groups in total. The van der Waals surface area contributed by atoms with E-state index in [0.717, 1.165) is 0 Å². The molecule has 0 saturated heterocycles. The van der Waals surface area contributed by atoms with Crippen molar-refractivity contribution in [1.82, 2.24) is 5.32 Å². The van der Waals surface area contributed by atoms with Gasteiger partial charge in [-0.15, -0.1) is 0 Å². The first kappa shape index (κ1) is 20.2. The molecule has 1 amide bonds. The Kier molecular flexibility index (Phi) is 6.76. The van der Waals surface area contributed by atoms with Crippen molar-refractivity contribution in [1.29, 1.82) is 0 Å². The molecule has 0 aliphatic rings. The number of carbonyl (C=O) groups excluding carboxylic acids is 1. The van der Waals surface area contributed by atoms with Gasteiger partial charge in [-0.3, -0.25) is 4.79 Å². The van der Waals surface area contributed by atoms with E-state index in [1.807, 2.05) is 0 Å². The van der Waals surface area contributed by atoms with E-state index in [-0.39, 0.29) is 35.6 Å². The van der Waals surface area contributed by atoms with Gasteiger partial charge in [0.1, 0.15) is 5.82 Å². The second-order valence-electron chi connectivity index (χ2n) is 5.98. The maximum atomic E-state index is 14.3. The fraction of sp³-hybridized carbons (Fsp3) is 0.300. The summed E-state index contributed by atoms with van der Waals surface area (Å²) in [6.45, 7) is 1.66. The highest BCUT2D eigenvalue weighted by Crippen LogP contribution is 2.32.